The second kappa shape index (κ2) is 3.47. The van der Waals surface area contributed by atoms with E-state index in [4.69, 9.17) is 4.52 Å². The zero-order valence-corrected chi connectivity index (χ0v) is 8.76. The summed E-state index contributed by atoms with van der Waals surface area (Å²) in [5, 5.41) is 7.86. The summed E-state index contributed by atoms with van der Waals surface area (Å²) < 4.78 is 6.02. The van der Waals surface area contributed by atoms with Gasteiger partial charge in [-0.2, -0.15) is 0 Å². The van der Waals surface area contributed by atoms with E-state index in [1.807, 2.05) is 13.1 Å². The van der Waals surface area contributed by atoms with Crippen LogP contribution >= 0.6 is 15.9 Å². The average molecular weight is 241 g/mol. The first-order valence-electron chi connectivity index (χ1n) is 3.98. The molecule has 1 aromatic heterocycles. The standard InChI is InChI=1S/C9H9BrN2O/c1-11-4-6-2-7-5-12-13-9(7)8(10)3-6/h2-3,5,11H,4H2,1H3. The Balaban J connectivity index is 2.56. The number of hydrogen-bond acceptors (Lipinski definition) is 3. The smallest absolute Gasteiger partial charge is 0.180 e. The lowest BCUT2D eigenvalue weighted by atomic mass is 10.2. The van der Waals surface area contributed by atoms with Gasteiger partial charge in [0.15, 0.2) is 5.58 Å². The number of nitrogens with zero attached hydrogens (tertiary/aromatic N) is 1. The minimum absolute atomic E-state index is 0.805. The van der Waals surface area contributed by atoms with Crippen molar-refractivity contribution in [3.8, 4) is 0 Å². The van der Waals surface area contributed by atoms with Crippen molar-refractivity contribution in [1.29, 1.82) is 0 Å². The number of aromatic nitrogens is 1. The van der Waals surface area contributed by atoms with E-state index < -0.39 is 0 Å². The quantitative estimate of drug-likeness (QED) is 0.876. The average Bonchev–Trinajstić information content (AvgIpc) is 2.53. The number of fused-ring (bicyclic) bond motifs is 1. The third-order valence-electron chi connectivity index (χ3n) is 1.85. The molecule has 2 rings (SSSR count). The van der Waals surface area contributed by atoms with Gasteiger partial charge in [-0.25, -0.2) is 0 Å². The van der Waals surface area contributed by atoms with Crippen LogP contribution in [0.25, 0.3) is 11.0 Å². The first-order chi connectivity index (χ1) is 6.31. The van der Waals surface area contributed by atoms with E-state index >= 15 is 0 Å². The molecule has 0 unspecified atom stereocenters. The first-order valence-corrected chi connectivity index (χ1v) is 4.78. The van der Waals surface area contributed by atoms with E-state index in [0.717, 1.165) is 22.0 Å². The van der Waals surface area contributed by atoms with E-state index in [2.05, 4.69) is 32.5 Å². The van der Waals surface area contributed by atoms with E-state index in [-0.39, 0.29) is 0 Å². The summed E-state index contributed by atoms with van der Waals surface area (Å²) in [6.45, 7) is 0.847. The van der Waals surface area contributed by atoms with Crippen molar-refractivity contribution in [2.75, 3.05) is 7.05 Å². The summed E-state index contributed by atoms with van der Waals surface area (Å²) in [4.78, 5) is 0. The van der Waals surface area contributed by atoms with Crippen LogP contribution in [0, 0.1) is 0 Å². The Bertz CT molecular complexity index is 424. The van der Waals surface area contributed by atoms with Crippen LogP contribution in [0.5, 0.6) is 0 Å². The van der Waals surface area contributed by atoms with Gasteiger partial charge in [0.2, 0.25) is 0 Å². The fraction of sp³-hybridized carbons (Fsp3) is 0.222. The van der Waals surface area contributed by atoms with E-state index in [1.54, 1.807) is 6.20 Å². The van der Waals surface area contributed by atoms with Crippen LogP contribution in [0.2, 0.25) is 0 Å². The predicted octanol–water partition coefficient (Wildman–Crippen LogP) is 2.31. The van der Waals surface area contributed by atoms with Gasteiger partial charge in [-0.15, -0.1) is 0 Å². The molecular weight excluding hydrogens is 232 g/mol. The van der Waals surface area contributed by atoms with Crippen LogP contribution in [-0.2, 0) is 6.54 Å². The number of benzene rings is 1. The Kier molecular flexibility index (Phi) is 2.33. The minimum atomic E-state index is 0.805. The molecule has 13 heavy (non-hydrogen) atoms. The summed E-state index contributed by atoms with van der Waals surface area (Å²) in [6, 6.07) is 4.09. The Labute approximate surface area is 84.2 Å². The molecule has 4 heteroatoms. The third-order valence-corrected chi connectivity index (χ3v) is 2.44. The molecule has 0 spiro atoms. The summed E-state index contributed by atoms with van der Waals surface area (Å²) in [5.41, 5.74) is 2.02. The lowest BCUT2D eigenvalue weighted by Gasteiger charge is -2.00. The molecule has 0 amide bonds. The molecule has 1 aromatic carbocycles. The Hall–Kier alpha value is -0.870. The minimum Gasteiger partial charge on any atom is -0.355 e. The lowest BCUT2D eigenvalue weighted by molar-refractivity contribution is 0.455. The molecule has 0 radical (unpaired) electrons. The van der Waals surface area contributed by atoms with Crippen LogP contribution in [0.15, 0.2) is 27.3 Å². The number of halogens is 1. The van der Waals surface area contributed by atoms with Crippen molar-refractivity contribution in [3.05, 3.63) is 28.4 Å². The molecule has 0 aliphatic carbocycles. The van der Waals surface area contributed by atoms with Gasteiger partial charge >= 0.3 is 0 Å². The van der Waals surface area contributed by atoms with Gasteiger partial charge in [0.1, 0.15) is 0 Å². The Morgan fingerprint density at radius 3 is 3.15 bits per heavy atom. The summed E-state index contributed by atoms with van der Waals surface area (Å²) in [6.07, 6.45) is 1.72. The van der Waals surface area contributed by atoms with Gasteiger partial charge in [0.25, 0.3) is 0 Å². The van der Waals surface area contributed by atoms with E-state index in [0.29, 0.717) is 0 Å². The molecule has 68 valence electrons. The molecule has 1 heterocycles. The molecule has 1 N–H and O–H groups in total. The molecule has 3 nitrogen and oxygen atoms in total. The van der Waals surface area contributed by atoms with Crippen molar-refractivity contribution in [2.24, 2.45) is 0 Å². The normalized spacial score (nSPS) is 10.9. The molecule has 0 fully saturated rings. The van der Waals surface area contributed by atoms with Gasteiger partial charge in [-0.05, 0) is 40.7 Å². The highest BCUT2D eigenvalue weighted by Crippen LogP contribution is 2.25. The SMILES string of the molecule is CNCc1cc(Br)c2oncc2c1. The second-order valence-electron chi connectivity index (χ2n) is 2.85. The third kappa shape index (κ3) is 1.59. The zero-order valence-electron chi connectivity index (χ0n) is 7.17. The highest BCUT2D eigenvalue weighted by molar-refractivity contribution is 9.10. The van der Waals surface area contributed by atoms with Crippen LogP contribution in [-0.4, -0.2) is 12.2 Å². The highest BCUT2D eigenvalue weighted by atomic mass is 79.9. The lowest BCUT2D eigenvalue weighted by Crippen LogP contribution is -2.04. The Morgan fingerprint density at radius 2 is 2.38 bits per heavy atom. The second-order valence-corrected chi connectivity index (χ2v) is 3.71. The molecule has 0 saturated carbocycles. The van der Waals surface area contributed by atoms with Gasteiger partial charge in [0, 0.05) is 11.9 Å². The summed E-state index contributed by atoms with van der Waals surface area (Å²) in [7, 11) is 1.92. The van der Waals surface area contributed by atoms with Crippen molar-refractivity contribution in [2.45, 2.75) is 6.54 Å². The Morgan fingerprint density at radius 1 is 1.54 bits per heavy atom. The van der Waals surface area contributed by atoms with Crippen molar-refractivity contribution in [3.63, 3.8) is 0 Å². The maximum Gasteiger partial charge on any atom is 0.180 e. The van der Waals surface area contributed by atoms with Gasteiger partial charge in [0.05, 0.1) is 10.7 Å². The van der Waals surface area contributed by atoms with Crippen molar-refractivity contribution < 1.29 is 4.52 Å². The monoisotopic (exact) mass is 240 g/mol. The fourth-order valence-electron chi connectivity index (χ4n) is 1.31. The van der Waals surface area contributed by atoms with E-state index in [1.165, 1.54) is 5.56 Å². The number of hydrogen-bond donors (Lipinski definition) is 1. The molecule has 0 bridgehead atoms. The molecule has 0 aliphatic heterocycles. The van der Waals surface area contributed by atoms with Crippen molar-refractivity contribution >= 4 is 26.9 Å². The topological polar surface area (TPSA) is 38.1 Å². The maximum absolute atomic E-state index is 5.06. The highest BCUT2D eigenvalue weighted by Gasteiger charge is 2.05. The van der Waals surface area contributed by atoms with Gasteiger partial charge in [-0.1, -0.05) is 5.16 Å². The number of nitrogens with one attached hydrogen (secondary N) is 1. The van der Waals surface area contributed by atoms with Crippen LogP contribution in [0.1, 0.15) is 5.56 Å². The molecule has 0 aliphatic rings. The van der Waals surface area contributed by atoms with Crippen molar-refractivity contribution in [1.82, 2.24) is 10.5 Å². The van der Waals surface area contributed by atoms with Crippen LogP contribution in [0.4, 0.5) is 0 Å². The van der Waals surface area contributed by atoms with Gasteiger partial charge < -0.3 is 9.84 Å². The van der Waals surface area contributed by atoms with Crippen LogP contribution < -0.4 is 5.32 Å². The molecule has 2 aromatic rings. The van der Waals surface area contributed by atoms with Crippen LogP contribution in [0.3, 0.4) is 0 Å². The molecule has 0 atom stereocenters. The summed E-state index contributed by atoms with van der Waals surface area (Å²) >= 11 is 3.44. The molecular formula is C9H9BrN2O. The first kappa shape index (κ1) is 8.72. The largest absolute Gasteiger partial charge is 0.355 e. The van der Waals surface area contributed by atoms with Gasteiger partial charge in [-0.3, -0.25) is 0 Å². The predicted molar refractivity (Wildman–Crippen MR) is 54.5 cm³/mol. The fourth-order valence-corrected chi connectivity index (χ4v) is 1.90. The molecule has 0 saturated heterocycles. The summed E-state index contributed by atoms with van der Waals surface area (Å²) in [5.74, 6) is 0. The maximum atomic E-state index is 5.06. The number of rotatable bonds is 2. The van der Waals surface area contributed by atoms with E-state index in [9.17, 15) is 0 Å². The zero-order chi connectivity index (χ0) is 9.26.